The van der Waals surface area contributed by atoms with Gasteiger partial charge in [-0.05, 0) is 57.8 Å². The molecule has 0 aromatic carbocycles. The molecule has 3 nitrogen and oxygen atoms in total. The van der Waals surface area contributed by atoms with E-state index >= 15 is 0 Å². The molecule has 0 unspecified atom stereocenters. The summed E-state index contributed by atoms with van der Waals surface area (Å²) in [6, 6.07) is 0. The van der Waals surface area contributed by atoms with Crippen molar-refractivity contribution < 1.29 is 9.47 Å². The normalized spacial score (nSPS) is 19.5. The standard InChI is InChI=1S/C17H35NO2/c1-15(2)6-10-19-11-7-17(8-12-20-13-9-17)14-18-16(3,4)5/h15,18H,6-14H2,1-5H3. The van der Waals surface area contributed by atoms with E-state index in [1.807, 2.05) is 0 Å². The van der Waals surface area contributed by atoms with Crippen molar-refractivity contribution in [1.82, 2.24) is 5.32 Å². The highest BCUT2D eigenvalue weighted by Gasteiger charge is 2.33. The van der Waals surface area contributed by atoms with Crippen LogP contribution in [0.3, 0.4) is 0 Å². The number of hydrogen-bond acceptors (Lipinski definition) is 3. The van der Waals surface area contributed by atoms with E-state index in [9.17, 15) is 0 Å². The van der Waals surface area contributed by atoms with E-state index in [0.29, 0.717) is 5.41 Å². The highest BCUT2D eigenvalue weighted by molar-refractivity contribution is 4.86. The van der Waals surface area contributed by atoms with Crippen LogP contribution in [0.4, 0.5) is 0 Å². The molecule has 1 rings (SSSR count). The van der Waals surface area contributed by atoms with Crippen molar-refractivity contribution in [3.05, 3.63) is 0 Å². The average molecular weight is 285 g/mol. The van der Waals surface area contributed by atoms with E-state index in [4.69, 9.17) is 9.47 Å². The van der Waals surface area contributed by atoms with Crippen LogP contribution in [-0.4, -0.2) is 38.5 Å². The summed E-state index contributed by atoms with van der Waals surface area (Å²) in [5.41, 5.74) is 0.549. The third-order valence-electron chi connectivity index (χ3n) is 4.16. The van der Waals surface area contributed by atoms with Crippen molar-refractivity contribution in [3.63, 3.8) is 0 Å². The molecule has 0 spiro atoms. The summed E-state index contributed by atoms with van der Waals surface area (Å²) in [7, 11) is 0. The fourth-order valence-electron chi connectivity index (χ4n) is 2.48. The van der Waals surface area contributed by atoms with E-state index in [1.54, 1.807) is 0 Å². The molecule has 20 heavy (non-hydrogen) atoms. The second-order valence-electron chi connectivity index (χ2n) is 7.76. The maximum atomic E-state index is 5.84. The van der Waals surface area contributed by atoms with E-state index < -0.39 is 0 Å². The van der Waals surface area contributed by atoms with Crippen LogP contribution in [0.2, 0.25) is 0 Å². The van der Waals surface area contributed by atoms with Gasteiger partial charge in [0.25, 0.3) is 0 Å². The SMILES string of the molecule is CC(C)CCOCCC1(CNC(C)(C)C)CCOCC1. The minimum atomic E-state index is 0.184. The molecular weight excluding hydrogens is 250 g/mol. The van der Waals surface area contributed by atoms with Crippen molar-refractivity contribution in [1.29, 1.82) is 0 Å². The zero-order chi connectivity index (χ0) is 15.1. The van der Waals surface area contributed by atoms with Gasteiger partial charge < -0.3 is 14.8 Å². The predicted octanol–water partition coefficient (Wildman–Crippen LogP) is 3.62. The molecule has 1 saturated heterocycles. The molecular formula is C17H35NO2. The fraction of sp³-hybridized carbons (Fsp3) is 1.00. The Morgan fingerprint density at radius 3 is 2.35 bits per heavy atom. The molecule has 1 aliphatic heterocycles. The highest BCUT2D eigenvalue weighted by Crippen LogP contribution is 2.34. The summed E-state index contributed by atoms with van der Waals surface area (Å²) in [5, 5.41) is 3.68. The Kier molecular flexibility index (Phi) is 7.49. The van der Waals surface area contributed by atoms with Crippen LogP contribution < -0.4 is 5.32 Å². The second kappa shape index (κ2) is 8.35. The lowest BCUT2D eigenvalue weighted by molar-refractivity contribution is -0.00952. The summed E-state index contributed by atoms with van der Waals surface area (Å²) in [6.07, 6.45) is 4.63. The van der Waals surface area contributed by atoms with Gasteiger partial charge in [-0.1, -0.05) is 13.8 Å². The molecule has 0 aliphatic carbocycles. The molecule has 1 heterocycles. The first kappa shape index (κ1) is 17.9. The van der Waals surface area contributed by atoms with Gasteiger partial charge in [0.05, 0.1) is 0 Å². The topological polar surface area (TPSA) is 30.5 Å². The van der Waals surface area contributed by atoms with Gasteiger partial charge in [-0.3, -0.25) is 0 Å². The lowest BCUT2D eigenvalue weighted by atomic mass is 9.77. The van der Waals surface area contributed by atoms with Crippen molar-refractivity contribution in [2.75, 3.05) is 33.0 Å². The Labute approximate surface area is 125 Å². The van der Waals surface area contributed by atoms with Crippen LogP contribution in [0.15, 0.2) is 0 Å². The van der Waals surface area contributed by atoms with Crippen molar-refractivity contribution >= 4 is 0 Å². The lowest BCUT2D eigenvalue weighted by Crippen LogP contribution is -2.46. The molecule has 1 aliphatic rings. The molecule has 1 N–H and O–H groups in total. The van der Waals surface area contributed by atoms with Crippen LogP contribution in [-0.2, 0) is 9.47 Å². The van der Waals surface area contributed by atoms with Gasteiger partial charge in [-0.2, -0.15) is 0 Å². The first-order valence-corrected chi connectivity index (χ1v) is 8.24. The molecule has 120 valence electrons. The first-order valence-electron chi connectivity index (χ1n) is 8.24. The molecule has 0 radical (unpaired) electrons. The fourth-order valence-corrected chi connectivity index (χ4v) is 2.48. The second-order valence-corrected chi connectivity index (χ2v) is 7.76. The maximum Gasteiger partial charge on any atom is 0.0471 e. The van der Waals surface area contributed by atoms with Crippen LogP contribution in [0.5, 0.6) is 0 Å². The third kappa shape index (κ3) is 7.61. The number of ether oxygens (including phenoxy) is 2. The van der Waals surface area contributed by atoms with E-state index in [1.165, 1.54) is 0 Å². The Morgan fingerprint density at radius 1 is 1.15 bits per heavy atom. The van der Waals surface area contributed by atoms with Gasteiger partial charge in [-0.25, -0.2) is 0 Å². The number of rotatable bonds is 8. The van der Waals surface area contributed by atoms with Crippen LogP contribution in [0, 0.1) is 11.3 Å². The summed E-state index contributed by atoms with van der Waals surface area (Å²) in [4.78, 5) is 0. The Hall–Kier alpha value is -0.120. The van der Waals surface area contributed by atoms with Crippen LogP contribution >= 0.6 is 0 Å². The zero-order valence-electron chi connectivity index (χ0n) is 14.3. The lowest BCUT2D eigenvalue weighted by Gasteiger charge is -2.39. The van der Waals surface area contributed by atoms with Crippen LogP contribution in [0.1, 0.15) is 60.3 Å². The Bertz CT molecular complexity index is 252. The van der Waals surface area contributed by atoms with Gasteiger partial charge in [0.1, 0.15) is 0 Å². The monoisotopic (exact) mass is 285 g/mol. The van der Waals surface area contributed by atoms with E-state index in [-0.39, 0.29) is 5.54 Å². The molecule has 1 fully saturated rings. The van der Waals surface area contributed by atoms with Gasteiger partial charge >= 0.3 is 0 Å². The summed E-state index contributed by atoms with van der Waals surface area (Å²) < 4.78 is 11.4. The number of hydrogen-bond donors (Lipinski definition) is 1. The largest absolute Gasteiger partial charge is 0.381 e. The summed E-state index contributed by atoms with van der Waals surface area (Å²) in [5.74, 6) is 0.731. The van der Waals surface area contributed by atoms with Crippen molar-refractivity contribution in [3.8, 4) is 0 Å². The highest BCUT2D eigenvalue weighted by atomic mass is 16.5. The summed E-state index contributed by atoms with van der Waals surface area (Å²) in [6.45, 7) is 15.9. The van der Waals surface area contributed by atoms with Gasteiger partial charge in [0.2, 0.25) is 0 Å². The van der Waals surface area contributed by atoms with E-state index in [0.717, 1.165) is 64.6 Å². The minimum Gasteiger partial charge on any atom is -0.381 e. The first-order chi connectivity index (χ1) is 9.33. The van der Waals surface area contributed by atoms with Gasteiger partial charge in [0.15, 0.2) is 0 Å². The molecule has 0 saturated carbocycles. The Morgan fingerprint density at radius 2 is 1.80 bits per heavy atom. The molecule has 0 amide bonds. The van der Waals surface area contributed by atoms with Crippen molar-refractivity contribution in [2.24, 2.45) is 11.3 Å². The third-order valence-corrected chi connectivity index (χ3v) is 4.16. The van der Waals surface area contributed by atoms with Gasteiger partial charge in [-0.15, -0.1) is 0 Å². The maximum absolute atomic E-state index is 5.84. The molecule has 0 aromatic heterocycles. The smallest absolute Gasteiger partial charge is 0.0471 e. The average Bonchev–Trinajstić information content (AvgIpc) is 2.36. The Balaban J connectivity index is 2.35. The quantitative estimate of drug-likeness (QED) is 0.691. The molecule has 0 atom stereocenters. The molecule has 0 aromatic rings. The minimum absolute atomic E-state index is 0.184. The molecule has 0 bridgehead atoms. The summed E-state index contributed by atoms with van der Waals surface area (Å²) >= 11 is 0. The molecule has 3 heteroatoms. The zero-order valence-corrected chi connectivity index (χ0v) is 14.3. The van der Waals surface area contributed by atoms with Gasteiger partial charge in [0, 0.05) is 38.5 Å². The predicted molar refractivity (Wildman–Crippen MR) is 85.1 cm³/mol. The van der Waals surface area contributed by atoms with E-state index in [2.05, 4.69) is 39.9 Å². The van der Waals surface area contributed by atoms with Crippen molar-refractivity contribution in [2.45, 2.75) is 65.8 Å². The number of nitrogens with one attached hydrogen (secondary N) is 1. The van der Waals surface area contributed by atoms with Crippen LogP contribution in [0.25, 0.3) is 0 Å².